The summed E-state index contributed by atoms with van der Waals surface area (Å²) in [5.41, 5.74) is 2.47. The Morgan fingerprint density at radius 3 is 2.57 bits per heavy atom. The van der Waals surface area contributed by atoms with Gasteiger partial charge in [0.1, 0.15) is 0 Å². The highest BCUT2D eigenvalue weighted by Gasteiger charge is 2.10. The minimum atomic E-state index is -0.297. The molecule has 1 aromatic carbocycles. The highest BCUT2D eigenvalue weighted by molar-refractivity contribution is 5.94. The number of hydrogen-bond acceptors (Lipinski definition) is 3. The molecule has 0 aliphatic carbocycles. The van der Waals surface area contributed by atoms with Crippen molar-refractivity contribution in [1.82, 2.24) is 10.3 Å². The number of nitrogens with one attached hydrogen (secondary N) is 2. The van der Waals surface area contributed by atoms with Crippen LogP contribution in [0, 0.1) is 5.92 Å². The number of hydrogen-bond donors (Lipinski definition) is 3. The number of aromatic nitrogens is 1. The van der Waals surface area contributed by atoms with Gasteiger partial charge in [-0.25, -0.2) is 0 Å². The van der Waals surface area contributed by atoms with Crippen LogP contribution in [-0.4, -0.2) is 16.0 Å². The third-order valence-electron chi connectivity index (χ3n) is 3.52. The molecule has 3 N–H and O–H groups in total. The van der Waals surface area contributed by atoms with Gasteiger partial charge in [-0.1, -0.05) is 38.1 Å². The lowest BCUT2D eigenvalue weighted by Crippen LogP contribution is -2.25. The SMILES string of the molecule is CC(C)Cc1cc(C(=O)NCc2ccccc2CO)cc(=O)[nH]1. The number of rotatable bonds is 6. The number of aromatic amines is 1. The zero-order valence-electron chi connectivity index (χ0n) is 13.4. The fraction of sp³-hybridized carbons (Fsp3) is 0.333. The molecule has 0 saturated carbocycles. The molecular weight excluding hydrogens is 292 g/mol. The first kappa shape index (κ1) is 17.0. The molecule has 5 nitrogen and oxygen atoms in total. The van der Waals surface area contributed by atoms with Gasteiger partial charge in [-0.3, -0.25) is 9.59 Å². The van der Waals surface area contributed by atoms with Crippen molar-refractivity contribution in [3.8, 4) is 0 Å². The van der Waals surface area contributed by atoms with Gasteiger partial charge in [0.05, 0.1) is 6.61 Å². The molecule has 0 bridgehead atoms. The smallest absolute Gasteiger partial charge is 0.251 e. The molecule has 0 unspecified atom stereocenters. The van der Waals surface area contributed by atoms with E-state index in [-0.39, 0.29) is 18.1 Å². The van der Waals surface area contributed by atoms with Gasteiger partial charge in [0.25, 0.3) is 5.91 Å². The molecule has 5 heteroatoms. The van der Waals surface area contributed by atoms with Crippen LogP contribution < -0.4 is 10.9 Å². The Bertz CT molecular complexity index is 735. The summed E-state index contributed by atoms with van der Waals surface area (Å²) in [5, 5.41) is 12.1. The number of pyridine rings is 1. The highest BCUT2D eigenvalue weighted by Crippen LogP contribution is 2.09. The van der Waals surface area contributed by atoms with Crippen LogP contribution in [0.25, 0.3) is 0 Å². The Hall–Kier alpha value is -2.40. The summed E-state index contributed by atoms with van der Waals surface area (Å²) in [4.78, 5) is 26.7. The third kappa shape index (κ3) is 4.79. The Labute approximate surface area is 135 Å². The lowest BCUT2D eigenvalue weighted by atomic mass is 10.1. The van der Waals surface area contributed by atoms with Crippen LogP contribution in [0.3, 0.4) is 0 Å². The number of carbonyl (C=O) groups excluding carboxylic acids is 1. The lowest BCUT2D eigenvalue weighted by Gasteiger charge is -2.10. The topological polar surface area (TPSA) is 82.2 Å². The average Bonchev–Trinajstić information content (AvgIpc) is 2.51. The van der Waals surface area contributed by atoms with Crippen molar-refractivity contribution in [1.29, 1.82) is 0 Å². The second kappa shape index (κ2) is 7.74. The van der Waals surface area contributed by atoms with Gasteiger partial charge in [-0.05, 0) is 29.5 Å². The van der Waals surface area contributed by atoms with Crippen molar-refractivity contribution in [2.75, 3.05) is 0 Å². The van der Waals surface area contributed by atoms with Gasteiger partial charge >= 0.3 is 0 Å². The molecular formula is C18H22N2O3. The Balaban J connectivity index is 2.11. The van der Waals surface area contributed by atoms with Crippen LogP contribution >= 0.6 is 0 Å². The van der Waals surface area contributed by atoms with Crippen LogP contribution in [-0.2, 0) is 19.6 Å². The summed E-state index contributed by atoms with van der Waals surface area (Å²) in [6.07, 6.45) is 0.712. The van der Waals surface area contributed by atoms with Gasteiger partial charge in [-0.15, -0.1) is 0 Å². The van der Waals surface area contributed by atoms with Crippen LogP contribution in [0.1, 0.15) is 41.0 Å². The number of aliphatic hydroxyl groups excluding tert-OH is 1. The number of aliphatic hydroxyl groups is 1. The molecule has 0 atom stereocenters. The number of carbonyl (C=O) groups is 1. The molecule has 1 aromatic heterocycles. The third-order valence-corrected chi connectivity index (χ3v) is 3.52. The maximum absolute atomic E-state index is 12.3. The van der Waals surface area contributed by atoms with E-state index in [0.29, 0.717) is 24.4 Å². The fourth-order valence-corrected chi connectivity index (χ4v) is 2.44. The second-order valence-corrected chi connectivity index (χ2v) is 5.97. The summed E-state index contributed by atoms with van der Waals surface area (Å²) in [6.45, 7) is 4.34. The summed E-state index contributed by atoms with van der Waals surface area (Å²) in [5.74, 6) is 0.0919. The van der Waals surface area contributed by atoms with Gasteiger partial charge in [0.2, 0.25) is 5.56 Å². The molecule has 122 valence electrons. The predicted molar refractivity (Wildman–Crippen MR) is 89.1 cm³/mol. The van der Waals surface area contributed by atoms with E-state index >= 15 is 0 Å². The van der Waals surface area contributed by atoms with Crippen molar-refractivity contribution in [3.05, 3.63) is 69.1 Å². The van der Waals surface area contributed by atoms with E-state index < -0.39 is 0 Å². The molecule has 23 heavy (non-hydrogen) atoms. The maximum Gasteiger partial charge on any atom is 0.251 e. The molecule has 0 radical (unpaired) electrons. The fourth-order valence-electron chi connectivity index (χ4n) is 2.44. The van der Waals surface area contributed by atoms with Crippen LogP contribution in [0.5, 0.6) is 0 Å². The van der Waals surface area contributed by atoms with Crippen LogP contribution in [0.15, 0.2) is 41.2 Å². The molecule has 2 rings (SSSR count). The average molecular weight is 314 g/mol. The zero-order chi connectivity index (χ0) is 16.8. The van der Waals surface area contributed by atoms with Crippen LogP contribution in [0.2, 0.25) is 0 Å². The summed E-state index contributed by atoms with van der Waals surface area (Å²) in [6, 6.07) is 10.4. The van der Waals surface area contributed by atoms with E-state index in [1.807, 2.05) is 24.3 Å². The minimum Gasteiger partial charge on any atom is -0.392 e. The Morgan fingerprint density at radius 1 is 1.22 bits per heavy atom. The second-order valence-electron chi connectivity index (χ2n) is 5.97. The van der Waals surface area contributed by atoms with Gasteiger partial charge in [0.15, 0.2) is 0 Å². The first-order valence-electron chi connectivity index (χ1n) is 7.68. The lowest BCUT2D eigenvalue weighted by molar-refractivity contribution is 0.0950. The molecule has 0 aliphatic heterocycles. The molecule has 1 amide bonds. The molecule has 1 heterocycles. The highest BCUT2D eigenvalue weighted by atomic mass is 16.3. The molecule has 0 spiro atoms. The van der Waals surface area contributed by atoms with E-state index in [2.05, 4.69) is 24.1 Å². The summed E-state index contributed by atoms with van der Waals surface area (Å²) >= 11 is 0. The van der Waals surface area contributed by atoms with Crippen molar-refractivity contribution in [2.45, 2.75) is 33.4 Å². The maximum atomic E-state index is 12.3. The van der Waals surface area contributed by atoms with Crippen molar-refractivity contribution in [3.63, 3.8) is 0 Å². The minimum absolute atomic E-state index is 0.0738. The quantitative estimate of drug-likeness (QED) is 0.762. The van der Waals surface area contributed by atoms with Gasteiger partial charge in [-0.2, -0.15) is 0 Å². The van der Waals surface area contributed by atoms with Crippen molar-refractivity contribution in [2.24, 2.45) is 5.92 Å². The number of benzene rings is 1. The monoisotopic (exact) mass is 314 g/mol. The first-order valence-corrected chi connectivity index (χ1v) is 7.68. The summed E-state index contributed by atoms with van der Waals surface area (Å²) in [7, 11) is 0. The number of amides is 1. The van der Waals surface area contributed by atoms with Gasteiger partial charge < -0.3 is 15.4 Å². The van der Waals surface area contributed by atoms with E-state index in [9.17, 15) is 14.7 Å². The van der Waals surface area contributed by atoms with E-state index in [0.717, 1.165) is 16.8 Å². The van der Waals surface area contributed by atoms with Gasteiger partial charge in [0, 0.05) is 23.9 Å². The standard InChI is InChI=1S/C18H22N2O3/c1-12(2)7-16-8-15(9-17(22)20-16)18(23)19-10-13-5-3-4-6-14(13)11-21/h3-6,8-9,12,21H,7,10-11H2,1-2H3,(H,19,23)(H,20,22). The first-order chi connectivity index (χ1) is 11.0. The number of H-pyrrole nitrogens is 1. The Morgan fingerprint density at radius 2 is 1.91 bits per heavy atom. The molecule has 0 fully saturated rings. The summed E-state index contributed by atoms with van der Waals surface area (Å²) < 4.78 is 0. The van der Waals surface area contributed by atoms with Crippen LogP contribution in [0.4, 0.5) is 0 Å². The Kier molecular flexibility index (Phi) is 5.71. The van der Waals surface area contributed by atoms with Crippen molar-refractivity contribution < 1.29 is 9.90 Å². The molecule has 0 aliphatic rings. The van der Waals surface area contributed by atoms with E-state index in [4.69, 9.17) is 0 Å². The molecule has 2 aromatic rings. The van der Waals surface area contributed by atoms with E-state index in [1.54, 1.807) is 6.07 Å². The van der Waals surface area contributed by atoms with Crippen molar-refractivity contribution >= 4 is 5.91 Å². The van der Waals surface area contributed by atoms with E-state index in [1.165, 1.54) is 6.07 Å². The zero-order valence-corrected chi connectivity index (χ0v) is 13.4. The molecule has 0 saturated heterocycles. The predicted octanol–water partition coefficient (Wildman–Crippen LogP) is 2.00. The normalized spacial score (nSPS) is 10.8. The largest absolute Gasteiger partial charge is 0.392 e.